The number of nitrogens with zero attached hydrogens (tertiary/aromatic N) is 2. The molecule has 1 heterocycles. The topological polar surface area (TPSA) is 79.0 Å². The van der Waals surface area contributed by atoms with E-state index in [2.05, 4.69) is 5.32 Å². The lowest BCUT2D eigenvalue weighted by atomic mass is 9.89. The van der Waals surface area contributed by atoms with Gasteiger partial charge in [-0.15, -0.1) is 0 Å². The number of anilines is 3. The Balaban J connectivity index is 1.65. The summed E-state index contributed by atoms with van der Waals surface area (Å²) >= 11 is 6.07. The maximum absolute atomic E-state index is 13.6. The van der Waals surface area contributed by atoms with Gasteiger partial charge in [0.15, 0.2) is 0 Å². The van der Waals surface area contributed by atoms with Crippen molar-refractivity contribution >= 4 is 46.6 Å². The zero-order valence-electron chi connectivity index (χ0n) is 20.4. The van der Waals surface area contributed by atoms with Gasteiger partial charge in [-0.2, -0.15) is 0 Å². The Hall–Kier alpha value is -3.84. The second kappa shape index (κ2) is 10.8. The van der Waals surface area contributed by atoms with Crippen LogP contribution in [0.15, 0.2) is 72.8 Å². The van der Waals surface area contributed by atoms with Gasteiger partial charge in [0.2, 0.25) is 5.91 Å². The van der Waals surface area contributed by atoms with Crippen molar-refractivity contribution < 1.29 is 19.1 Å². The predicted molar refractivity (Wildman–Crippen MR) is 142 cm³/mol. The van der Waals surface area contributed by atoms with E-state index in [1.54, 1.807) is 60.0 Å². The van der Waals surface area contributed by atoms with Crippen LogP contribution in [0.1, 0.15) is 49.2 Å². The summed E-state index contributed by atoms with van der Waals surface area (Å²) in [5, 5.41) is 3.23. The number of nitrogens with one attached hydrogen (secondary N) is 1. The molecule has 1 aliphatic rings. The third-order valence-corrected chi connectivity index (χ3v) is 6.44. The van der Waals surface area contributed by atoms with Crippen molar-refractivity contribution in [3.63, 3.8) is 0 Å². The smallest absolute Gasteiger partial charge is 0.411 e. The Morgan fingerprint density at radius 1 is 1.03 bits per heavy atom. The molecule has 1 N–H and O–H groups in total. The van der Waals surface area contributed by atoms with Gasteiger partial charge in [-0.3, -0.25) is 14.9 Å². The first-order valence-electron chi connectivity index (χ1n) is 11.8. The number of ether oxygens (including phenoxy) is 1. The zero-order chi connectivity index (χ0) is 25.8. The summed E-state index contributed by atoms with van der Waals surface area (Å²) < 4.78 is 4.90. The molecule has 8 heteroatoms. The van der Waals surface area contributed by atoms with Crippen LogP contribution in [0.2, 0.25) is 5.02 Å². The first-order chi connectivity index (χ1) is 17.3. The van der Waals surface area contributed by atoms with Crippen molar-refractivity contribution in [1.29, 1.82) is 0 Å². The Kier molecular flexibility index (Phi) is 7.60. The van der Waals surface area contributed by atoms with Gasteiger partial charge in [0.25, 0.3) is 5.91 Å². The van der Waals surface area contributed by atoms with Gasteiger partial charge in [-0.1, -0.05) is 29.8 Å². The lowest BCUT2D eigenvalue weighted by Crippen LogP contribution is -2.47. The molecule has 0 fully saturated rings. The normalized spacial score (nSPS) is 16.6. The van der Waals surface area contributed by atoms with Gasteiger partial charge < -0.3 is 14.5 Å². The molecule has 0 bridgehead atoms. The fourth-order valence-electron chi connectivity index (χ4n) is 4.64. The molecular formula is C28H28ClN3O4. The van der Waals surface area contributed by atoms with Gasteiger partial charge in [0.05, 0.1) is 12.6 Å². The zero-order valence-corrected chi connectivity index (χ0v) is 21.2. The van der Waals surface area contributed by atoms with E-state index in [4.69, 9.17) is 16.3 Å². The SMILES string of the molecule is CCOC(=O)Nc1ccc(C(=O)N2c3ccccc3C(N(C(C)=O)c3ccc(Cl)cc3)CC2C)cc1. The molecule has 3 amide bonds. The largest absolute Gasteiger partial charge is 0.450 e. The number of halogens is 1. The number of carbonyl (C=O) groups excluding carboxylic acids is 3. The Labute approximate surface area is 215 Å². The minimum absolute atomic E-state index is 0.0891. The molecule has 0 radical (unpaired) electrons. The van der Waals surface area contributed by atoms with Crippen LogP contribution in [0.4, 0.5) is 21.9 Å². The van der Waals surface area contributed by atoms with Gasteiger partial charge in [-0.25, -0.2) is 4.79 Å². The van der Waals surface area contributed by atoms with Crippen LogP contribution in [0.5, 0.6) is 0 Å². The van der Waals surface area contributed by atoms with E-state index in [9.17, 15) is 14.4 Å². The molecule has 0 saturated carbocycles. The van der Waals surface area contributed by atoms with Crippen molar-refractivity contribution in [2.45, 2.75) is 39.3 Å². The van der Waals surface area contributed by atoms with Crippen LogP contribution in [0, 0.1) is 0 Å². The summed E-state index contributed by atoms with van der Waals surface area (Å²) in [7, 11) is 0. The number of amides is 3. The molecule has 3 aromatic carbocycles. The van der Waals surface area contributed by atoms with E-state index in [0.29, 0.717) is 22.7 Å². The van der Waals surface area contributed by atoms with Gasteiger partial charge in [0.1, 0.15) is 0 Å². The molecule has 36 heavy (non-hydrogen) atoms. The second-order valence-corrected chi connectivity index (χ2v) is 9.06. The second-order valence-electron chi connectivity index (χ2n) is 8.62. The Morgan fingerprint density at radius 3 is 2.33 bits per heavy atom. The fraction of sp³-hybridized carbons (Fsp3) is 0.250. The van der Waals surface area contributed by atoms with Crippen molar-refractivity contribution in [3.8, 4) is 0 Å². The molecule has 0 saturated heterocycles. The van der Waals surface area contributed by atoms with E-state index in [1.807, 2.05) is 43.3 Å². The Bertz CT molecular complexity index is 1260. The molecule has 0 aromatic heterocycles. The van der Waals surface area contributed by atoms with Crippen LogP contribution < -0.4 is 15.1 Å². The number of rotatable bonds is 5. The van der Waals surface area contributed by atoms with E-state index >= 15 is 0 Å². The Morgan fingerprint density at radius 2 is 1.69 bits per heavy atom. The standard InChI is InChI=1S/C28H28ClN3O4/c1-4-36-28(35)30-22-13-9-20(10-14-22)27(34)31-18(2)17-26(24-7-5-6-8-25(24)31)32(19(3)33)23-15-11-21(29)12-16-23/h5-16,18,26H,4,17H2,1-3H3,(H,30,35). The fourth-order valence-corrected chi connectivity index (χ4v) is 4.76. The molecule has 186 valence electrons. The highest BCUT2D eigenvalue weighted by molar-refractivity contribution is 6.30. The van der Waals surface area contributed by atoms with E-state index in [0.717, 1.165) is 16.9 Å². The maximum atomic E-state index is 13.6. The molecule has 0 aliphatic carbocycles. The van der Waals surface area contributed by atoms with Crippen LogP contribution in [-0.4, -0.2) is 30.6 Å². The third-order valence-electron chi connectivity index (χ3n) is 6.19. The summed E-state index contributed by atoms with van der Waals surface area (Å²) in [6, 6.07) is 21.2. The van der Waals surface area contributed by atoms with E-state index in [-0.39, 0.29) is 30.5 Å². The van der Waals surface area contributed by atoms with Crippen LogP contribution in [0.25, 0.3) is 0 Å². The average molecular weight is 506 g/mol. The molecule has 0 spiro atoms. The minimum atomic E-state index is -0.545. The number of hydrogen-bond donors (Lipinski definition) is 1. The first kappa shape index (κ1) is 25.3. The number of hydrogen-bond acceptors (Lipinski definition) is 4. The number of benzene rings is 3. The molecule has 7 nitrogen and oxygen atoms in total. The van der Waals surface area contributed by atoms with Crippen LogP contribution in [0.3, 0.4) is 0 Å². The van der Waals surface area contributed by atoms with Gasteiger partial charge >= 0.3 is 6.09 Å². The highest BCUT2D eigenvalue weighted by Crippen LogP contribution is 2.42. The number of carbonyl (C=O) groups is 3. The van der Waals surface area contributed by atoms with Crippen molar-refractivity contribution in [2.24, 2.45) is 0 Å². The lowest BCUT2D eigenvalue weighted by molar-refractivity contribution is -0.117. The quantitative estimate of drug-likeness (QED) is 0.432. The average Bonchev–Trinajstić information content (AvgIpc) is 2.85. The molecule has 4 rings (SSSR count). The van der Waals surface area contributed by atoms with Crippen molar-refractivity contribution in [2.75, 3.05) is 21.7 Å². The van der Waals surface area contributed by atoms with E-state index < -0.39 is 6.09 Å². The minimum Gasteiger partial charge on any atom is -0.450 e. The molecule has 2 atom stereocenters. The first-order valence-corrected chi connectivity index (χ1v) is 12.2. The van der Waals surface area contributed by atoms with Crippen LogP contribution in [-0.2, 0) is 9.53 Å². The van der Waals surface area contributed by atoms with Crippen molar-refractivity contribution in [1.82, 2.24) is 0 Å². The molecule has 2 unspecified atom stereocenters. The lowest BCUT2D eigenvalue weighted by Gasteiger charge is -2.43. The number of fused-ring (bicyclic) bond motifs is 1. The van der Waals surface area contributed by atoms with Crippen molar-refractivity contribution in [3.05, 3.63) is 88.9 Å². The summed E-state index contributed by atoms with van der Waals surface area (Å²) in [5.41, 5.74) is 3.45. The van der Waals surface area contributed by atoms with Gasteiger partial charge in [-0.05, 0) is 80.4 Å². The summed E-state index contributed by atoms with van der Waals surface area (Å²) in [6.07, 6.45) is 0.0184. The highest BCUT2D eigenvalue weighted by atomic mass is 35.5. The maximum Gasteiger partial charge on any atom is 0.411 e. The summed E-state index contributed by atoms with van der Waals surface area (Å²) in [6.45, 7) is 5.53. The monoisotopic (exact) mass is 505 g/mol. The van der Waals surface area contributed by atoms with E-state index in [1.165, 1.54) is 0 Å². The molecular weight excluding hydrogens is 478 g/mol. The number of para-hydroxylation sites is 1. The predicted octanol–water partition coefficient (Wildman–Crippen LogP) is 6.44. The molecule has 3 aromatic rings. The van der Waals surface area contributed by atoms with Gasteiger partial charge in [0, 0.05) is 40.6 Å². The third kappa shape index (κ3) is 5.21. The summed E-state index contributed by atoms with van der Waals surface area (Å²) in [5.74, 6) is -0.245. The highest BCUT2D eigenvalue weighted by Gasteiger charge is 2.38. The molecule has 1 aliphatic heterocycles. The summed E-state index contributed by atoms with van der Waals surface area (Å²) in [4.78, 5) is 41.7. The van der Waals surface area contributed by atoms with Crippen LogP contribution >= 0.6 is 11.6 Å².